The molecule has 2 rings (SSSR count). The molecule has 0 fully saturated rings. The van der Waals surface area contributed by atoms with Crippen LogP contribution in [0.1, 0.15) is 18.9 Å². The number of hydrogen-bond acceptors (Lipinski definition) is 4. The van der Waals surface area contributed by atoms with Gasteiger partial charge in [0.25, 0.3) is 0 Å². The van der Waals surface area contributed by atoms with Gasteiger partial charge in [0.05, 0.1) is 0 Å². The zero-order valence-corrected chi connectivity index (χ0v) is 13.2. The lowest BCUT2D eigenvalue weighted by Gasteiger charge is -2.08. The van der Waals surface area contributed by atoms with Crippen molar-refractivity contribution < 1.29 is 17.4 Å². The summed E-state index contributed by atoms with van der Waals surface area (Å²) in [7, 11) is -3.86. The summed E-state index contributed by atoms with van der Waals surface area (Å²) < 4.78 is 29.3. The van der Waals surface area contributed by atoms with Crippen LogP contribution in [-0.4, -0.2) is 14.3 Å². The maximum atomic E-state index is 12.1. The minimum Gasteiger partial charge on any atom is -0.379 e. The van der Waals surface area contributed by atoms with E-state index < -0.39 is 10.1 Å². The van der Waals surface area contributed by atoms with Gasteiger partial charge in [0.15, 0.2) is 0 Å². The molecule has 0 heterocycles. The Balaban J connectivity index is 2.13. The Labute approximate surface area is 130 Å². The van der Waals surface area contributed by atoms with E-state index in [2.05, 4.69) is 5.32 Å². The molecule has 0 saturated carbocycles. The molecule has 0 aliphatic rings. The van der Waals surface area contributed by atoms with Crippen molar-refractivity contribution in [2.75, 3.05) is 5.32 Å². The number of benzene rings is 2. The summed E-state index contributed by atoms with van der Waals surface area (Å²) in [5, 5.41) is 2.68. The summed E-state index contributed by atoms with van der Waals surface area (Å²) in [5.41, 5.74) is 1.56. The van der Waals surface area contributed by atoms with Crippen LogP contribution < -0.4 is 9.50 Å². The fourth-order valence-electron chi connectivity index (χ4n) is 1.72. The number of carbonyl (C=O) groups is 1. The SMILES string of the molecule is CCC(=O)Nc1ccc(OS(=O)(=O)c2ccc(C)cc2)cc1. The van der Waals surface area contributed by atoms with Gasteiger partial charge in [0.2, 0.25) is 5.91 Å². The van der Waals surface area contributed by atoms with E-state index in [0.717, 1.165) is 5.56 Å². The van der Waals surface area contributed by atoms with Crippen LogP contribution in [0.15, 0.2) is 53.4 Å². The Morgan fingerprint density at radius 2 is 1.64 bits per heavy atom. The highest BCUT2D eigenvalue weighted by atomic mass is 32.2. The summed E-state index contributed by atoms with van der Waals surface area (Å²) in [4.78, 5) is 11.4. The van der Waals surface area contributed by atoms with Crippen molar-refractivity contribution in [2.45, 2.75) is 25.2 Å². The van der Waals surface area contributed by atoms with Gasteiger partial charge in [-0.05, 0) is 43.3 Å². The lowest BCUT2D eigenvalue weighted by molar-refractivity contribution is -0.115. The second-order valence-corrected chi connectivity index (χ2v) is 6.32. The summed E-state index contributed by atoms with van der Waals surface area (Å²) >= 11 is 0. The number of nitrogens with one attached hydrogen (secondary N) is 1. The summed E-state index contributed by atoms with van der Waals surface area (Å²) in [6.45, 7) is 3.63. The minimum absolute atomic E-state index is 0.0986. The van der Waals surface area contributed by atoms with E-state index in [1.165, 1.54) is 24.3 Å². The molecule has 0 spiro atoms. The second-order valence-electron chi connectivity index (χ2n) is 4.78. The number of hydrogen-bond donors (Lipinski definition) is 1. The zero-order chi connectivity index (χ0) is 16.2. The molecule has 22 heavy (non-hydrogen) atoms. The number of amides is 1. The van der Waals surface area contributed by atoms with Crippen molar-refractivity contribution in [1.82, 2.24) is 0 Å². The summed E-state index contributed by atoms with van der Waals surface area (Å²) in [5.74, 6) is 0.0796. The van der Waals surface area contributed by atoms with Crippen molar-refractivity contribution >= 4 is 21.7 Å². The molecule has 2 aromatic rings. The van der Waals surface area contributed by atoms with E-state index in [0.29, 0.717) is 12.1 Å². The molecule has 1 amide bonds. The first kappa shape index (κ1) is 16.0. The Morgan fingerprint density at radius 3 is 2.18 bits per heavy atom. The number of aryl methyl sites for hydroxylation is 1. The second kappa shape index (κ2) is 6.62. The maximum Gasteiger partial charge on any atom is 0.339 e. The number of anilines is 1. The third-order valence-electron chi connectivity index (χ3n) is 2.97. The molecule has 5 nitrogen and oxygen atoms in total. The van der Waals surface area contributed by atoms with Gasteiger partial charge in [-0.2, -0.15) is 8.42 Å². The zero-order valence-electron chi connectivity index (χ0n) is 12.4. The Kier molecular flexibility index (Phi) is 4.82. The molecule has 1 N–H and O–H groups in total. The van der Waals surface area contributed by atoms with Crippen LogP contribution in [0.5, 0.6) is 5.75 Å². The molecule has 6 heteroatoms. The summed E-state index contributed by atoms with van der Waals surface area (Å²) in [6.07, 6.45) is 0.375. The molecule has 116 valence electrons. The predicted octanol–water partition coefficient (Wildman–Crippen LogP) is 3.11. The highest BCUT2D eigenvalue weighted by molar-refractivity contribution is 7.87. The molecule has 0 saturated heterocycles. The third kappa shape index (κ3) is 4.08. The summed E-state index contributed by atoms with van der Waals surface area (Å²) in [6, 6.07) is 12.6. The molecule has 0 atom stereocenters. The molecule has 0 unspecified atom stereocenters. The lowest BCUT2D eigenvalue weighted by atomic mass is 10.2. The van der Waals surface area contributed by atoms with Crippen LogP contribution in [0, 0.1) is 6.92 Å². The average Bonchev–Trinajstić information content (AvgIpc) is 2.49. The molecular formula is C16H17NO4S. The molecule has 0 radical (unpaired) electrons. The first-order valence-corrected chi connectivity index (χ1v) is 8.22. The van der Waals surface area contributed by atoms with Gasteiger partial charge in [-0.3, -0.25) is 4.79 Å². The predicted molar refractivity (Wildman–Crippen MR) is 84.4 cm³/mol. The van der Waals surface area contributed by atoms with E-state index in [-0.39, 0.29) is 16.6 Å². The van der Waals surface area contributed by atoms with Gasteiger partial charge in [0, 0.05) is 12.1 Å². The van der Waals surface area contributed by atoms with Crippen molar-refractivity contribution in [3.05, 3.63) is 54.1 Å². The smallest absolute Gasteiger partial charge is 0.339 e. The van der Waals surface area contributed by atoms with Crippen LogP contribution in [0.4, 0.5) is 5.69 Å². The highest BCUT2D eigenvalue weighted by Gasteiger charge is 2.16. The fraction of sp³-hybridized carbons (Fsp3) is 0.188. The van der Waals surface area contributed by atoms with Crippen molar-refractivity contribution in [2.24, 2.45) is 0 Å². The lowest BCUT2D eigenvalue weighted by Crippen LogP contribution is -2.11. The van der Waals surface area contributed by atoms with E-state index in [1.54, 1.807) is 31.2 Å². The van der Waals surface area contributed by atoms with Crippen LogP contribution in [0.25, 0.3) is 0 Å². The van der Waals surface area contributed by atoms with Gasteiger partial charge in [-0.15, -0.1) is 0 Å². The van der Waals surface area contributed by atoms with Crippen molar-refractivity contribution in [3.63, 3.8) is 0 Å². The molecule has 0 aromatic heterocycles. The van der Waals surface area contributed by atoms with Gasteiger partial charge in [-0.1, -0.05) is 24.6 Å². The third-order valence-corrected chi connectivity index (χ3v) is 4.24. The Bertz CT molecular complexity index is 750. The molecular weight excluding hydrogens is 302 g/mol. The van der Waals surface area contributed by atoms with Crippen LogP contribution >= 0.6 is 0 Å². The van der Waals surface area contributed by atoms with Gasteiger partial charge in [-0.25, -0.2) is 0 Å². The van der Waals surface area contributed by atoms with E-state index >= 15 is 0 Å². The van der Waals surface area contributed by atoms with Gasteiger partial charge >= 0.3 is 10.1 Å². The number of carbonyl (C=O) groups excluding carboxylic acids is 1. The van der Waals surface area contributed by atoms with E-state index in [1.807, 2.05) is 6.92 Å². The first-order chi connectivity index (χ1) is 10.4. The van der Waals surface area contributed by atoms with Crippen molar-refractivity contribution in [3.8, 4) is 5.75 Å². The topological polar surface area (TPSA) is 72.5 Å². The minimum atomic E-state index is -3.86. The van der Waals surface area contributed by atoms with Crippen LogP contribution in [-0.2, 0) is 14.9 Å². The largest absolute Gasteiger partial charge is 0.379 e. The molecule has 0 aliphatic carbocycles. The van der Waals surface area contributed by atoms with Crippen LogP contribution in [0.2, 0.25) is 0 Å². The van der Waals surface area contributed by atoms with Crippen molar-refractivity contribution in [1.29, 1.82) is 0 Å². The average molecular weight is 319 g/mol. The number of rotatable bonds is 5. The monoisotopic (exact) mass is 319 g/mol. The first-order valence-electron chi connectivity index (χ1n) is 6.82. The highest BCUT2D eigenvalue weighted by Crippen LogP contribution is 2.21. The molecule has 2 aromatic carbocycles. The molecule has 0 bridgehead atoms. The van der Waals surface area contributed by atoms with Gasteiger partial charge in [0.1, 0.15) is 10.6 Å². The Hall–Kier alpha value is -2.34. The van der Waals surface area contributed by atoms with Crippen LogP contribution in [0.3, 0.4) is 0 Å². The standard InChI is InChI=1S/C16H17NO4S/c1-3-16(18)17-13-6-8-14(9-7-13)21-22(19,20)15-10-4-12(2)5-11-15/h4-11H,3H2,1-2H3,(H,17,18). The quantitative estimate of drug-likeness (QED) is 0.860. The van der Waals surface area contributed by atoms with Gasteiger partial charge < -0.3 is 9.50 Å². The van der Waals surface area contributed by atoms with E-state index in [9.17, 15) is 13.2 Å². The molecule has 0 aliphatic heterocycles. The van der Waals surface area contributed by atoms with E-state index in [4.69, 9.17) is 4.18 Å². The maximum absolute atomic E-state index is 12.1. The fourth-order valence-corrected chi connectivity index (χ4v) is 2.65. The Morgan fingerprint density at radius 1 is 1.05 bits per heavy atom. The normalized spacial score (nSPS) is 11.0.